The van der Waals surface area contributed by atoms with Crippen LogP contribution in [-0.2, 0) is 6.54 Å². The van der Waals surface area contributed by atoms with Gasteiger partial charge in [-0.3, -0.25) is 0 Å². The molecule has 0 aromatic heterocycles. The number of ether oxygens (including phenoxy) is 1. The molecular weight excluding hydrogens is 217 g/mol. The largest absolute Gasteiger partial charge is 0.490 e. The van der Waals surface area contributed by atoms with Gasteiger partial charge < -0.3 is 10.1 Å². The molecule has 3 heteroatoms. The van der Waals surface area contributed by atoms with E-state index in [4.69, 9.17) is 4.74 Å². The standard InChI is InChI=1S/C14H20FNO/c1-4-16-10-12-5-6-14(13(15)9-12)17-8-7-11(2)3/h5-6,9,16H,2,4,7-8,10H2,1,3H3. The van der Waals surface area contributed by atoms with E-state index in [9.17, 15) is 4.39 Å². The Kier molecular flexibility index (Phi) is 5.70. The van der Waals surface area contributed by atoms with Gasteiger partial charge in [-0.05, 0) is 31.2 Å². The lowest BCUT2D eigenvalue weighted by atomic mass is 10.2. The van der Waals surface area contributed by atoms with Crippen molar-refractivity contribution in [2.75, 3.05) is 13.2 Å². The first-order chi connectivity index (χ1) is 8.13. The van der Waals surface area contributed by atoms with Gasteiger partial charge in [-0.1, -0.05) is 18.6 Å². The molecule has 0 unspecified atom stereocenters. The average Bonchev–Trinajstić information content (AvgIpc) is 2.28. The van der Waals surface area contributed by atoms with Crippen molar-refractivity contribution < 1.29 is 9.13 Å². The molecule has 94 valence electrons. The zero-order chi connectivity index (χ0) is 12.7. The lowest BCUT2D eigenvalue weighted by Crippen LogP contribution is -2.12. The summed E-state index contributed by atoms with van der Waals surface area (Å²) in [7, 11) is 0. The summed E-state index contributed by atoms with van der Waals surface area (Å²) in [6.07, 6.45) is 0.749. The van der Waals surface area contributed by atoms with Gasteiger partial charge in [0.05, 0.1) is 6.61 Å². The fourth-order valence-corrected chi connectivity index (χ4v) is 1.38. The second-order valence-electron chi connectivity index (χ2n) is 4.10. The van der Waals surface area contributed by atoms with Gasteiger partial charge in [0.2, 0.25) is 0 Å². The SMILES string of the molecule is C=C(C)CCOc1ccc(CNCC)cc1F. The van der Waals surface area contributed by atoms with Gasteiger partial charge in [0, 0.05) is 13.0 Å². The van der Waals surface area contributed by atoms with Crippen molar-refractivity contribution in [2.24, 2.45) is 0 Å². The predicted molar refractivity (Wildman–Crippen MR) is 68.7 cm³/mol. The molecule has 0 aliphatic carbocycles. The summed E-state index contributed by atoms with van der Waals surface area (Å²) in [6, 6.07) is 5.07. The molecule has 17 heavy (non-hydrogen) atoms. The fraction of sp³-hybridized carbons (Fsp3) is 0.429. The number of rotatable bonds is 7. The molecule has 0 aliphatic rings. The molecule has 1 aromatic carbocycles. The Bertz CT molecular complexity index is 376. The molecule has 1 rings (SSSR count). The predicted octanol–water partition coefficient (Wildman–Crippen LogP) is 3.28. The molecule has 0 saturated carbocycles. The number of nitrogens with one attached hydrogen (secondary N) is 1. The van der Waals surface area contributed by atoms with Crippen molar-refractivity contribution in [3.63, 3.8) is 0 Å². The molecule has 2 nitrogen and oxygen atoms in total. The highest BCUT2D eigenvalue weighted by atomic mass is 19.1. The van der Waals surface area contributed by atoms with Crippen LogP contribution in [0.25, 0.3) is 0 Å². The lowest BCUT2D eigenvalue weighted by Gasteiger charge is -2.09. The maximum atomic E-state index is 13.6. The maximum absolute atomic E-state index is 13.6. The molecule has 0 heterocycles. The number of benzene rings is 1. The van der Waals surface area contributed by atoms with E-state index in [0.29, 0.717) is 18.9 Å². The van der Waals surface area contributed by atoms with Gasteiger partial charge in [0.1, 0.15) is 0 Å². The van der Waals surface area contributed by atoms with Gasteiger partial charge in [0.25, 0.3) is 0 Å². The van der Waals surface area contributed by atoms with E-state index in [1.807, 2.05) is 19.9 Å². The monoisotopic (exact) mass is 237 g/mol. The van der Waals surface area contributed by atoms with Crippen LogP contribution in [0.15, 0.2) is 30.4 Å². The topological polar surface area (TPSA) is 21.3 Å². The molecule has 0 fully saturated rings. The van der Waals surface area contributed by atoms with Crippen LogP contribution in [0.1, 0.15) is 25.8 Å². The van der Waals surface area contributed by atoms with E-state index in [1.54, 1.807) is 6.07 Å². The normalized spacial score (nSPS) is 10.3. The molecule has 1 aromatic rings. The van der Waals surface area contributed by atoms with E-state index in [2.05, 4.69) is 11.9 Å². The van der Waals surface area contributed by atoms with Crippen molar-refractivity contribution in [1.82, 2.24) is 5.32 Å². The molecule has 0 aliphatic heterocycles. The maximum Gasteiger partial charge on any atom is 0.165 e. The Morgan fingerprint density at radius 2 is 2.24 bits per heavy atom. The Balaban J connectivity index is 2.53. The van der Waals surface area contributed by atoms with Crippen molar-refractivity contribution in [1.29, 1.82) is 0 Å². The van der Waals surface area contributed by atoms with Crippen molar-refractivity contribution in [2.45, 2.75) is 26.8 Å². The summed E-state index contributed by atoms with van der Waals surface area (Å²) in [5, 5.41) is 3.15. The molecule has 0 amide bonds. The van der Waals surface area contributed by atoms with E-state index < -0.39 is 0 Å². The quantitative estimate of drug-likeness (QED) is 0.735. The van der Waals surface area contributed by atoms with Crippen LogP contribution in [0.4, 0.5) is 4.39 Å². The summed E-state index contributed by atoms with van der Waals surface area (Å²) in [4.78, 5) is 0. The summed E-state index contributed by atoms with van der Waals surface area (Å²) in [6.45, 7) is 9.75. The summed E-state index contributed by atoms with van der Waals surface area (Å²) < 4.78 is 19.0. The Morgan fingerprint density at radius 3 is 2.82 bits per heavy atom. The van der Waals surface area contributed by atoms with Crippen LogP contribution >= 0.6 is 0 Å². The van der Waals surface area contributed by atoms with Crippen LogP contribution in [0, 0.1) is 5.82 Å². The second kappa shape index (κ2) is 7.07. The Morgan fingerprint density at radius 1 is 1.47 bits per heavy atom. The number of hydrogen-bond acceptors (Lipinski definition) is 2. The molecule has 0 atom stereocenters. The highest BCUT2D eigenvalue weighted by Gasteiger charge is 2.04. The molecule has 0 bridgehead atoms. The van der Waals surface area contributed by atoms with Crippen LogP contribution in [0.5, 0.6) is 5.75 Å². The van der Waals surface area contributed by atoms with Gasteiger partial charge in [-0.15, -0.1) is 6.58 Å². The van der Waals surface area contributed by atoms with Crippen LogP contribution in [-0.4, -0.2) is 13.2 Å². The molecule has 0 saturated heterocycles. The van der Waals surface area contributed by atoms with E-state index in [0.717, 1.165) is 24.1 Å². The highest BCUT2D eigenvalue weighted by Crippen LogP contribution is 2.18. The van der Waals surface area contributed by atoms with E-state index >= 15 is 0 Å². The first-order valence-corrected chi connectivity index (χ1v) is 5.89. The van der Waals surface area contributed by atoms with Gasteiger partial charge in [-0.25, -0.2) is 4.39 Å². The zero-order valence-corrected chi connectivity index (χ0v) is 10.6. The fourth-order valence-electron chi connectivity index (χ4n) is 1.38. The number of halogens is 1. The Hall–Kier alpha value is -1.35. The molecular formula is C14H20FNO. The van der Waals surface area contributed by atoms with Crippen molar-refractivity contribution >= 4 is 0 Å². The number of hydrogen-bond donors (Lipinski definition) is 1. The second-order valence-corrected chi connectivity index (χ2v) is 4.10. The molecule has 0 spiro atoms. The third-order valence-electron chi connectivity index (χ3n) is 2.36. The average molecular weight is 237 g/mol. The van der Waals surface area contributed by atoms with E-state index in [-0.39, 0.29) is 5.82 Å². The van der Waals surface area contributed by atoms with Gasteiger partial charge >= 0.3 is 0 Å². The molecule has 0 radical (unpaired) electrons. The minimum Gasteiger partial charge on any atom is -0.490 e. The summed E-state index contributed by atoms with van der Waals surface area (Å²) in [5.74, 6) is 0.00798. The smallest absolute Gasteiger partial charge is 0.165 e. The van der Waals surface area contributed by atoms with Gasteiger partial charge in [0.15, 0.2) is 11.6 Å². The van der Waals surface area contributed by atoms with Crippen LogP contribution in [0.2, 0.25) is 0 Å². The van der Waals surface area contributed by atoms with Crippen LogP contribution in [0.3, 0.4) is 0 Å². The summed E-state index contributed by atoms with van der Waals surface area (Å²) in [5.41, 5.74) is 1.96. The highest BCUT2D eigenvalue weighted by molar-refractivity contribution is 5.29. The van der Waals surface area contributed by atoms with Crippen LogP contribution < -0.4 is 10.1 Å². The zero-order valence-electron chi connectivity index (χ0n) is 10.6. The van der Waals surface area contributed by atoms with Crippen molar-refractivity contribution in [3.05, 3.63) is 41.7 Å². The third kappa shape index (κ3) is 5.00. The summed E-state index contributed by atoms with van der Waals surface area (Å²) >= 11 is 0. The van der Waals surface area contributed by atoms with E-state index in [1.165, 1.54) is 6.07 Å². The van der Waals surface area contributed by atoms with Crippen molar-refractivity contribution in [3.8, 4) is 5.75 Å². The third-order valence-corrected chi connectivity index (χ3v) is 2.36. The molecule has 1 N–H and O–H groups in total. The minimum atomic E-state index is -0.304. The van der Waals surface area contributed by atoms with Gasteiger partial charge in [-0.2, -0.15) is 0 Å². The Labute approximate surface area is 102 Å². The lowest BCUT2D eigenvalue weighted by molar-refractivity contribution is 0.305. The minimum absolute atomic E-state index is 0.304. The first-order valence-electron chi connectivity index (χ1n) is 5.89. The first kappa shape index (κ1) is 13.7.